The Morgan fingerprint density at radius 3 is 2.95 bits per heavy atom. The first-order chi connectivity index (χ1) is 9.65. The van der Waals surface area contributed by atoms with Crippen LogP contribution in [0.5, 0.6) is 0 Å². The van der Waals surface area contributed by atoms with E-state index in [9.17, 15) is 9.18 Å². The van der Waals surface area contributed by atoms with Crippen LogP contribution in [0.3, 0.4) is 0 Å². The van der Waals surface area contributed by atoms with Gasteiger partial charge in [0, 0.05) is 19.1 Å². The standard InChI is InChI=1S/C16H23FN2O/c1-3-18-15-13(9-7-10-14(15)17)16(20)19-11-6-4-5-8-12(19)2/h7,9-10,12,18H,3-6,8,11H2,1-2H3. The Kier molecular flexibility index (Phi) is 4.99. The summed E-state index contributed by atoms with van der Waals surface area (Å²) >= 11 is 0. The summed E-state index contributed by atoms with van der Waals surface area (Å²) in [6.45, 7) is 5.34. The first-order valence-electron chi connectivity index (χ1n) is 7.48. The van der Waals surface area contributed by atoms with Crippen molar-refractivity contribution in [3.05, 3.63) is 29.6 Å². The van der Waals surface area contributed by atoms with Gasteiger partial charge in [-0.1, -0.05) is 18.9 Å². The summed E-state index contributed by atoms with van der Waals surface area (Å²) in [5.41, 5.74) is 0.775. The van der Waals surface area contributed by atoms with E-state index in [2.05, 4.69) is 12.2 Å². The highest BCUT2D eigenvalue weighted by atomic mass is 19.1. The molecule has 0 saturated carbocycles. The number of carbonyl (C=O) groups is 1. The topological polar surface area (TPSA) is 32.3 Å². The average molecular weight is 278 g/mol. The molecule has 2 rings (SSSR count). The Morgan fingerprint density at radius 1 is 1.40 bits per heavy atom. The van der Waals surface area contributed by atoms with Gasteiger partial charge in [0.25, 0.3) is 5.91 Å². The van der Waals surface area contributed by atoms with Crippen LogP contribution in [-0.4, -0.2) is 29.9 Å². The van der Waals surface area contributed by atoms with Gasteiger partial charge < -0.3 is 10.2 Å². The lowest BCUT2D eigenvalue weighted by atomic mass is 10.1. The molecule has 1 N–H and O–H groups in total. The van der Waals surface area contributed by atoms with Crippen molar-refractivity contribution < 1.29 is 9.18 Å². The van der Waals surface area contributed by atoms with Crippen molar-refractivity contribution in [2.45, 2.75) is 45.6 Å². The van der Waals surface area contributed by atoms with E-state index < -0.39 is 0 Å². The van der Waals surface area contributed by atoms with E-state index in [1.54, 1.807) is 12.1 Å². The first kappa shape index (κ1) is 14.8. The van der Waals surface area contributed by atoms with Crippen LogP contribution >= 0.6 is 0 Å². The summed E-state index contributed by atoms with van der Waals surface area (Å²) in [7, 11) is 0. The van der Waals surface area contributed by atoms with Crippen molar-refractivity contribution in [1.29, 1.82) is 0 Å². The number of carbonyl (C=O) groups excluding carboxylic acids is 1. The van der Waals surface area contributed by atoms with Crippen molar-refractivity contribution in [2.75, 3.05) is 18.4 Å². The molecule has 0 aromatic heterocycles. The first-order valence-corrected chi connectivity index (χ1v) is 7.48. The van der Waals surface area contributed by atoms with Crippen LogP contribution in [0, 0.1) is 5.82 Å². The highest BCUT2D eigenvalue weighted by molar-refractivity contribution is 5.99. The summed E-state index contributed by atoms with van der Waals surface area (Å²) in [6.07, 6.45) is 4.38. The number of para-hydroxylation sites is 1. The van der Waals surface area contributed by atoms with E-state index in [0.717, 1.165) is 32.2 Å². The van der Waals surface area contributed by atoms with Gasteiger partial charge >= 0.3 is 0 Å². The molecule has 1 atom stereocenters. The monoisotopic (exact) mass is 278 g/mol. The number of halogens is 1. The van der Waals surface area contributed by atoms with Crippen molar-refractivity contribution in [2.24, 2.45) is 0 Å². The SMILES string of the molecule is CCNc1c(F)cccc1C(=O)N1CCCCCC1C. The quantitative estimate of drug-likeness (QED) is 0.915. The highest BCUT2D eigenvalue weighted by Gasteiger charge is 2.25. The molecule has 1 unspecified atom stereocenters. The molecule has 1 aromatic rings. The van der Waals surface area contributed by atoms with Gasteiger partial charge in [0.15, 0.2) is 0 Å². The fourth-order valence-corrected chi connectivity index (χ4v) is 2.79. The summed E-state index contributed by atoms with van der Waals surface area (Å²) < 4.78 is 13.9. The van der Waals surface area contributed by atoms with Gasteiger partial charge in [0.2, 0.25) is 0 Å². The smallest absolute Gasteiger partial charge is 0.256 e. The van der Waals surface area contributed by atoms with Gasteiger partial charge in [-0.3, -0.25) is 4.79 Å². The fraction of sp³-hybridized carbons (Fsp3) is 0.562. The third-order valence-corrected chi connectivity index (χ3v) is 3.91. The Hall–Kier alpha value is -1.58. The molecule has 1 amide bonds. The number of benzene rings is 1. The van der Waals surface area contributed by atoms with E-state index >= 15 is 0 Å². The van der Waals surface area contributed by atoms with Gasteiger partial charge in [-0.05, 0) is 38.8 Å². The minimum Gasteiger partial charge on any atom is -0.382 e. The second-order valence-corrected chi connectivity index (χ2v) is 5.39. The fourth-order valence-electron chi connectivity index (χ4n) is 2.79. The molecular weight excluding hydrogens is 255 g/mol. The van der Waals surface area contributed by atoms with E-state index in [0.29, 0.717) is 17.8 Å². The van der Waals surface area contributed by atoms with E-state index in [-0.39, 0.29) is 17.8 Å². The van der Waals surface area contributed by atoms with Crippen LogP contribution in [0.1, 0.15) is 49.9 Å². The largest absolute Gasteiger partial charge is 0.382 e. The molecule has 1 aliphatic heterocycles. The summed E-state index contributed by atoms with van der Waals surface area (Å²) in [5, 5.41) is 2.97. The van der Waals surface area contributed by atoms with Crippen molar-refractivity contribution in [1.82, 2.24) is 4.90 Å². The van der Waals surface area contributed by atoms with Crippen LogP contribution in [0.2, 0.25) is 0 Å². The Morgan fingerprint density at radius 2 is 2.20 bits per heavy atom. The number of nitrogens with one attached hydrogen (secondary N) is 1. The van der Waals surface area contributed by atoms with E-state index in [1.807, 2.05) is 11.8 Å². The Balaban J connectivity index is 2.30. The number of hydrogen-bond acceptors (Lipinski definition) is 2. The minimum absolute atomic E-state index is 0.0603. The zero-order valence-corrected chi connectivity index (χ0v) is 12.3. The van der Waals surface area contributed by atoms with Crippen molar-refractivity contribution >= 4 is 11.6 Å². The predicted octanol–water partition coefficient (Wildman–Crippen LogP) is 3.66. The molecule has 0 aliphatic carbocycles. The predicted molar refractivity (Wildman–Crippen MR) is 79.5 cm³/mol. The molecule has 0 radical (unpaired) electrons. The molecule has 1 fully saturated rings. The Bertz CT molecular complexity index is 476. The maximum Gasteiger partial charge on any atom is 0.256 e. The van der Waals surface area contributed by atoms with Gasteiger partial charge in [-0.25, -0.2) is 4.39 Å². The van der Waals surface area contributed by atoms with E-state index in [1.165, 1.54) is 6.07 Å². The lowest BCUT2D eigenvalue weighted by molar-refractivity contribution is 0.0698. The third-order valence-electron chi connectivity index (χ3n) is 3.91. The van der Waals surface area contributed by atoms with Crippen LogP contribution < -0.4 is 5.32 Å². The zero-order valence-electron chi connectivity index (χ0n) is 12.3. The number of rotatable bonds is 3. The second kappa shape index (κ2) is 6.73. The third kappa shape index (κ3) is 3.11. The second-order valence-electron chi connectivity index (χ2n) is 5.39. The molecule has 1 heterocycles. The molecule has 1 aromatic carbocycles. The molecule has 1 saturated heterocycles. The number of anilines is 1. The highest BCUT2D eigenvalue weighted by Crippen LogP contribution is 2.25. The molecule has 4 heteroatoms. The van der Waals surface area contributed by atoms with Crippen LogP contribution in [0.4, 0.5) is 10.1 Å². The molecular formula is C16H23FN2O. The summed E-state index contributed by atoms with van der Waals surface area (Å²) in [6, 6.07) is 4.93. The lowest BCUT2D eigenvalue weighted by Gasteiger charge is -2.28. The normalized spacial score (nSPS) is 19.6. The van der Waals surface area contributed by atoms with Crippen LogP contribution in [-0.2, 0) is 0 Å². The average Bonchev–Trinajstić information content (AvgIpc) is 2.65. The molecule has 20 heavy (non-hydrogen) atoms. The zero-order chi connectivity index (χ0) is 14.5. The minimum atomic E-state index is -0.361. The lowest BCUT2D eigenvalue weighted by Crippen LogP contribution is -2.38. The summed E-state index contributed by atoms with van der Waals surface area (Å²) in [5.74, 6) is -0.421. The number of nitrogens with zero attached hydrogens (tertiary/aromatic N) is 1. The van der Waals surface area contributed by atoms with Gasteiger partial charge in [0.1, 0.15) is 5.82 Å². The van der Waals surface area contributed by atoms with Crippen LogP contribution in [0.25, 0.3) is 0 Å². The van der Waals surface area contributed by atoms with Crippen molar-refractivity contribution in [3.63, 3.8) is 0 Å². The number of amides is 1. The molecule has 3 nitrogen and oxygen atoms in total. The van der Waals surface area contributed by atoms with Crippen LogP contribution in [0.15, 0.2) is 18.2 Å². The molecule has 110 valence electrons. The van der Waals surface area contributed by atoms with Crippen molar-refractivity contribution in [3.8, 4) is 0 Å². The number of hydrogen-bond donors (Lipinski definition) is 1. The molecule has 0 bridgehead atoms. The van der Waals surface area contributed by atoms with E-state index in [4.69, 9.17) is 0 Å². The molecule has 0 spiro atoms. The van der Waals surface area contributed by atoms with Gasteiger partial charge in [-0.2, -0.15) is 0 Å². The van der Waals surface area contributed by atoms with Gasteiger partial charge in [-0.15, -0.1) is 0 Å². The number of likely N-dealkylation sites (tertiary alicyclic amines) is 1. The Labute approximate surface area is 120 Å². The summed E-state index contributed by atoms with van der Waals surface area (Å²) in [4.78, 5) is 14.6. The van der Waals surface area contributed by atoms with Gasteiger partial charge in [0.05, 0.1) is 11.3 Å². The maximum atomic E-state index is 13.9. The molecule has 1 aliphatic rings. The maximum absolute atomic E-state index is 13.9.